The minimum atomic E-state index is 0.317. The van der Waals surface area contributed by atoms with Crippen molar-refractivity contribution in [3.8, 4) is 11.5 Å². The number of rotatable bonds is 8. The molecule has 0 aliphatic rings. The van der Waals surface area contributed by atoms with Crippen LogP contribution in [0, 0.1) is 0 Å². The van der Waals surface area contributed by atoms with Gasteiger partial charge in [-0.1, -0.05) is 31.5 Å². The van der Waals surface area contributed by atoms with Crippen LogP contribution in [0.15, 0.2) is 34.7 Å². The standard InChI is InChI=1S/C15H21N3O2/c1-3-7-13(11-19-2)16-10-14-17-18-15(20-14)12-8-5-4-6-9-12/h4-6,8-9,13,16H,3,7,10-11H2,1-2H3. The lowest BCUT2D eigenvalue weighted by Gasteiger charge is -2.15. The number of nitrogens with one attached hydrogen (secondary N) is 1. The van der Waals surface area contributed by atoms with Crippen LogP contribution in [0.4, 0.5) is 0 Å². The molecule has 0 spiro atoms. The van der Waals surface area contributed by atoms with E-state index in [2.05, 4.69) is 22.4 Å². The van der Waals surface area contributed by atoms with Crippen LogP contribution in [-0.2, 0) is 11.3 Å². The van der Waals surface area contributed by atoms with Crippen LogP contribution in [0.1, 0.15) is 25.7 Å². The average molecular weight is 275 g/mol. The van der Waals surface area contributed by atoms with E-state index >= 15 is 0 Å². The third kappa shape index (κ3) is 4.15. The Morgan fingerprint density at radius 1 is 1.25 bits per heavy atom. The topological polar surface area (TPSA) is 60.2 Å². The zero-order chi connectivity index (χ0) is 14.2. The van der Waals surface area contributed by atoms with E-state index in [-0.39, 0.29) is 0 Å². The fraction of sp³-hybridized carbons (Fsp3) is 0.467. The van der Waals surface area contributed by atoms with Gasteiger partial charge in [-0.2, -0.15) is 0 Å². The minimum Gasteiger partial charge on any atom is -0.419 e. The normalized spacial score (nSPS) is 12.5. The first-order chi connectivity index (χ1) is 9.83. The molecule has 1 atom stereocenters. The second-order valence-corrected chi connectivity index (χ2v) is 4.69. The van der Waals surface area contributed by atoms with Crippen LogP contribution < -0.4 is 5.32 Å². The van der Waals surface area contributed by atoms with Gasteiger partial charge in [0, 0.05) is 18.7 Å². The number of ether oxygens (including phenoxy) is 1. The molecular formula is C15H21N3O2. The third-order valence-corrected chi connectivity index (χ3v) is 3.03. The molecule has 108 valence electrons. The Kier molecular flexibility index (Phi) is 5.70. The number of hydrogen-bond donors (Lipinski definition) is 1. The monoisotopic (exact) mass is 275 g/mol. The Balaban J connectivity index is 1.92. The zero-order valence-electron chi connectivity index (χ0n) is 12.0. The van der Waals surface area contributed by atoms with Crippen molar-refractivity contribution in [2.45, 2.75) is 32.4 Å². The third-order valence-electron chi connectivity index (χ3n) is 3.03. The maximum Gasteiger partial charge on any atom is 0.247 e. The molecule has 1 heterocycles. The molecular weight excluding hydrogens is 254 g/mol. The summed E-state index contributed by atoms with van der Waals surface area (Å²) in [7, 11) is 1.71. The molecule has 1 aromatic carbocycles. The van der Waals surface area contributed by atoms with Gasteiger partial charge in [-0.05, 0) is 18.6 Å². The molecule has 2 rings (SSSR count). The Morgan fingerprint density at radius 3 is 2.75 bits per heavy atom. The summed E-state index contributed by atoms with van der Waals surface area (Å²) in [6.07, 6.45) is 2.17. The van der Waals surface area contributed by atoms with Crippen molar-refractivity contribution in [2.24, 2.45) is 0 Å². The van der Waals surface area contributed by atoms with E-state index in [4.69, 9.17) is 9.15 Å². The summed E-state index contributed by atoms with van der Waals surface area (Å²) in [6.45, 7) is 3.41. The van der Waals surface area contributed by atoms with Crippen molar-refractivity contribution in [3.63, 3.8) is 0 Å². The first-order valence-corrected chi connectivity index (χ1v) is 6.93. The van der Waals surface area contributed by atoms with Gasteiger partial charge < -0.3 is 14.5 Å². The first kappa shape index (κ1) is 14.7. The van der Waals surface area contributed by atoms with Crippen molar-refractivity contribution in [3.05, 3.63) is 36.2 Å². The second-order valence-electron chi connectivity index (χ2n) is 4.69. The molecule has 2 aromatic rings. The van der Waals surface area contributed by atoms with E-state index in [9.17, 15) is 0 Å². The summed E-state index contributed by atoms with van der Waals surface area (Å²) in [5.74, 6) is 1.15. The van der Waals surface area contributed by atoms with Crippen molar-refractivity contribution in [1.82, 2.24) is 15.5 Å². The molecule has 0 bridgehead atoms. The van der Waals surface area contributed by atoms with Gasteiger partial charge in [0.15, 0.2) is 0 Å². The summed E-state index contributed by atoms with van der Waals surface area (Å²) >= 11 is 0. The van der Waals surface area contributed by atoms with Crippen LogP contribution >= 0.6 is 0 Å². The molecule has 1 aromatic heterocycles. The predicted octanol–water partition coefficient (Wildman–Crippen LogP) is 2.64. The number of benzene rings is 1. The summed E-state index contributed by atoms with van der Waals surface area (Å²) < 4.78 is 10.8. The molecule has 0 aliphatic heterocycles. The molecule has 1 unspecified atom stereocenters. The van der Waals surface area contributed by atoms with Crippen LogP contribution in [0.2, 0.25) is 0 Å². The van der Waals surface area contributed by atoms with E-state index in [1.807, 2.05) is 30.3 Å². The highest BCUT2D eigenvalue weighted by molar-refractivity contribution is 5.51. The van der Waals surface area contributed by atoms with E-state index in [1.54, 1.807) is 7.11 Å². The van der Waals surface area contributed by atoms with Gasteiger partial charge in [-0.3, -0.25) is 0 Å². The number of methoxy groups -OCH3 is 1. The average Bonchev–Trinajstić information content (AvgIpc) is 2.95. The fourth-order valence-corrected chi connectivity index (χ4v) is 2.05. The van der Waals surface area contributed by atoms with Gasteiger partial charge >= 0.3 is 0 Å². The van der Waals surface area contributed by atoms with Gasteiger partial charge in [-0.15, -0.1) is 10.2 Å². The van der Waals surface area contributed by atoms with Crippen molar-refractivity contribution < 1.29 is 9.15 Å². The van der Waals surface area contributed by atoms with E-state index in [0.717, 1.165) is 18.4 Å². The Morgan fingerprint density at radius 2 is 2.05 bits per heavy atom. The quantitative estimate of drug-likeness (QED) is 0.802. The van der Waals surface area contributed by atoms with Gasteiger partial charge in [0.25, 0.3) is 0 Å². The second kappa shape index (κ2) is 7.77. The highest BCUT2D eigenvalue weighted by Gasteiger charge is 2.11. The van der Waals surface area contributed by atoms with Gasteiger partial charge in [0.05, 0.1) is 13.2 Å². The molecule has 0 amide bonds. The summed E-state index contributed by atoms with van der Waals surface area (Å²) in [5, 5.41) is 11.5. The predicted molar refractivity (Wildman–Crippen MR) is 77.1 cm³/mol. The zero-order valence-corrected chi connectivity index (χ0v) is 12.0. The lowest BCUT2D eigenvalue weighted by Crippen LogP contribution is -2.32. The highest BCUT2D eigenvalue weighted by atomic mass is 16.5. The van der Waals surface area contributed by atoms with Crippen molar-refractivity contribution in [2.75, 3.05) is 13.7 Å². The van der Waals surface area contributed by atoms with Crippen molar-refractivity contribution in [1.29, 1.82) is 0 Å². The maximum atomic E-state index is 5.65. The first-order valence-electron chi connectivity index (χ1n) is 6.93. The summed E-state index contributed by atoms with van der Waals surface area (Å²) in [6, 6.07) is 10.1. The van der Waals surface area contributed by atoms with Crippen molar-refractivity contribution >= 4 is 0 Å². The summed E-state index contributed by atoms with van der Waals surface area (Å²) in [5.41, 5.74) is 0.938. The molecule has 0 fully saturated rings. The number of hydrogen-bond acceptors (Lipinski definition) is 5. The van der Waals surface area contributed by atoms with Gasteiger partial charge in [0.1, 0.15) is 0 Å². The number of aromatic nitrogens is 2. The van der Waals surface area contributed by atoms with E-state index < -0.39 is 0 Å². The lowest BCUT2D eigenvalue weighted by molar-refractivity contribution is 0.160. The van der Waals surface area contributed by atoms with Crippen LogP contribution in [-0.4, -0.2) is 30.0 Å². The highest BCUT2D eigenvalue weighted by Crippen LogP contribution is 2.16. The molecule has 0 aliphatic carbocycles. The van der Waals surface area contributed by atoms with Gasteiger partial charge in [-0.25, -0.2) is 0 Å². The lowest BCUT2D eigenvalue weighted by atomic mass is 10.2. The van der Waals surface area contributed by atoms with Crippen LogP contribution in [0.5, 0.6) is 0 Å². The van der Waals surface area contributed by atoms with E-state index in [0.29, 0.717) is 31.0 Å². The Bertz CT molecular complexity index is 493. The summed E-state index contributed by atoms with van der Waals surface area (Å²) in [4.78, 5) is 0. The minimum absolute atomic E-state index is 0.317. The number of nitrogens with zero attached hydrogens (tertiary/aromatic N) is 2. The largest absolute Gasteiger partial charge is 0.419 e. The molecule has 0 saturated heterocycles. The molecule has 5 nitrogen and oxygen atoms in total. The fourth-order valence-electron chi connectivity index (χ4n) is 2.05. The molecule has 0 radical (unpaired) electrons. The van der Waals surface area contributed by atoms with E-state index in [1.165, 1.54) is 0 Å². The van der Waals surface area contributed by atoms with Crippen LogP contribution in [0.25, 0.3) is 11.5 Å². The molecule has 5 heteroatoms. The Hall–Kier alpha value is -1.72. The van der Waals surface area contributed by atoms with Gasteiger partial charge in [0.2, 0.25) is 11.8 Å². The SMILES string of the molecule is CCCC(COC)NCc1nnc(-c2ccccc2)o1. The molecule has 1 N–H and O–H groups in total. The molecule has 0 saturated carbocycles. The Labute approximate surface area is 119 Å². The van der Waals surface area contributed by atoms with Crippen LogP contribution in [0.3, 0.4) is 0 Å². The maximum absolute atomic E-state index is 5.65. The smallest absolute Gasteiger partial charge is 0.247 e. The molecule has 20 heavy (non-hydrogen) atoms.